The van der Waals surface area contributed by atoms with Gasteiger partial charge in [0.15, 0.2) is 0 Å². The van der Waals surface area contributed by atoms with Crippen LogP contribution in [-0.2, 0) is 15.1 Å². The Hall–Kier alpha value is -0.980. The second kappa shape index (κ2) is 6.20. The number of halogens is 2. The lowest BCUT2D eigenvalue weighted by molar-refractivity contribution is -0.141. The number of hydrogen-bond acceptors (Lipinski definition) is 3. The molecule has 0 amide bonds. The monoisotopic (exact) mass is 345 g/mol. The maximum absolute atomic E-state index is 13.4. The lowest BCUT2D eigenvalue weighted by Gasteiger charge is -2.43. The van der Waals surface area contributed by atoms with Crippen LogP contribution in [0.1, 0.15) is 18.9 Å². The maximum atomic E-state index is 13.4. The Morgan fingerprint density at radius 1 is 1.50 bits per heavy atom. The first-order valence-corrected chi connectivity index (χ1v) is 7.23. The molecule has 0 radical (unpaired) electrons. The second-order valence-corrected chi connectivity index (χ2v) is 5.93. The highest BCUT2D eigenvalue weighted by Crippen LogP contribution is 2.34. The van der Waals surface area contributed by atoms with Crippen molar-refractivity contribution in [3.8, 4) is 0 Å². The molecule has 1 unspecified atom stereocenters. The molecule has 0 spiro atoms. The second-order valence-electron chi connectivity index (χ2n) is 5.07. The predicted octanol–water partition coefficient (Wildman–Crippen LogP) is 2.61. The molecule has 1 fully saturated rings. The van der Waals surface area contributed by atoms with Gasteiger partial charge in [0.05, 0.1) is 29.6 Å². The smallest absolute Gasteiger partial charge is 0.305 e. The van der Waals surface area contributed by atoms with Crippen LogP contribution in [0.25, 0.3) is 0 Å². The summed E-state index contributed by atoms with van der Waals surface area (Å²) in [6.45, 7) is 4.37. The molecular formula is C14H17BrFNO3. The van der Waals surface area contributed by atoms with E-state index >= 15 is 0 Å². The van der Waals surface area contributed by atoms with Crippen molar-refractivity contribution in [2.75, 3.05) is 26.3 Å². The average molecular weight is 346 g/mol. The van der Waals surface area contributed by atoms with E-state index in [1.165, 1.54) is 6.07 Å². The van der Waals surface area contributed by atoms with Crippen molar-refractivity contribution in [1.82, 2.24) is 4.90 Å². The average Bonchev–Trinajstić information content (AvgIpc) is 2.42. The largest absolute Gasteiger partial charge is 0.481 e. The Morgan fingerprint density at radius 3 is 2.70 bits per heavy atom. The van der Waals surface area contributed by atoms with Gasteiger partial charge in [-0.15, -0.1) is 0 Å². The summed E-state index contributed by atoms with van der Waals surface area (Å²) >= 11 is 3.16. The molecule has 1 atom stereocenters. The maximum Gasteiger partial charge on any atom is 0.305 e. The van der Waals surface area contributed by atoms with E-state index < -0.39 is 11.5 Å². The lowest BCUT2D eigenvalue weighted by Crippen LogP contribution is -2.50. The van der Waals surface area contributed by atoms with Crippen molar-refractivity contribution in [3.05, 3.63) is 34.1 Å². The fourth-order valence-electron chi connectivity index (χ4n) is 2.58. The number of aliphatic carboxylic acids is 1. The molecule has 1 aliphatic rings. The quantitative estimate of drug-likeness (QED) is 0.911. The number of carboxylic acid groups (broad SMARTS) is 1. The lowest BCUT2D eigenvalue weighted by atomic mass is 9.86. The zero-order valence-electron chi connectivity index (χ0n) is 11.2. The van der Waals surface area contributed by atoms with Gasteiger partial charge in [-0.2, -0.15) is 0 Å². The minimum absolute atomic E-state index is 0.0366. The van der Waals surface area contributed by atoms with Gasteiger partial charge >= 0.3 is 5.97 Å². The van der Waals surface area contributed by atoms with Crippen molar-refractivity contribution in [3.63, 3.8) is 0 Å². The molecule has 6 heteroatoms. The molecule has 2 rings (SSSR count). The van der Waals surface area contributed by atoms with Gasteiger partial charge in [0.2, 0.25) is 0 Å². The third-order valence-corrected chi connectivity index (χ3v) is 4.35. The number of morpholine rings is 1. The van der Waals surface area contributed by atoms with Crippen molar-refractivity contribution >= 4 is 21.9 Å². The molecule has 1 aliphatic heterocycles. The van der Waals surface area contributed by atoms with Crippen LogP contribution < -0.4 is 0 Å². The first-order valence-electron chi connectivity index (χ1n) is 6.43. The molecule has 1 heterocycles. The summed E-state index contributed by atoms with van der Waals surface area (Å²) in [5, 5.41) is 9.22. The van der Waals surface area contributed by atoms with Crippen LogP contribution in [0.5, 0.6) is 0 Å². The molecule has 0 saturated carbocycles. The van der Waals surface area contributed by atoms with Crippen LogP contribution >= 0.6 is 15.9 Å². The van der Waals surface area contributed by atoms with Gasteiger partial charge in [0.25, 0.3) is 0 Å². The number of carbonyl (C=O) groups is 1. The highest BCUT2D eigenvalue weighted by atomic mass is 79.9. The molecular weight excluding hydrogens is 329 g/mol. The van der Waals surface area contributed by atoms with E-state index in [0.717, 1.165) is 5.56 Å². The summed E-state index contributed by atoms with van der Waals surface area (Å²) in [5.74, 6) is -1.23. The van der Waals surface area contributed by atoms with Crippen molar-refractivity contribution < 1.29 is 19.0 Å². The zero-order chi connectivity index (χ0) is 14.8. The van der Waals surface area contributed by atoms with Gasteiger partial charge in [-0.1, -0.05) is 6.07 Å². The van der Waals surface area contributed by atoms with Gasteiger partial charge in [-0.25, -0.2) is 4.39 Å². The summed E-state index contributed by atoms with van der Waals surface area (Å²) in [5.41, 5.74) is 0.112. The summed E-state index contributed by atoms with van der Waals surface area (Å²) in [6, 6.07) is 4.67. The number of ether oxygens (including phenoxy) is 1. The van der Waals surface area contributed by atoms with Crippen molar-refractivity contribution in [2.24, 2.45) is 0 Å². The third kappa shape index (κ3) is 3.19. The summed E-state index contributed by atoms with van der Waals surface area (Å²) in [4.78, 5) is 13.3. The van der Waals surface area contributed by atoms with E-state index in [4.69, 9.17) is 4.74 Å². The van der Waals surface area contributed by atoms with E-state index in [9.17, 15) is 14.3 Å². The predicted molar refractivity (Wildman–Crippen MR) is 76.1 cm³/mol. The van der Waals surface area contributed by atoms with Crippen LogP contribution in [0, 0.1) is 5.82 Å². The van der Waals surface area contributed by atoms with Gasteiger partial charge in [0, 0.05) is 13.1 Å². The SMILES string of the molecule is CC(CC(=O)O)(c1ccc(F)c(Br)c1)N1CCOCC1. The topological polar surface area (TPSA) is 49.8 Å². The molecule has 1 saturated heterocycles. The minimum atomic E-state index is -0.876. The molecule has 20 heavy (non-hydrogen) atoms. The molecule has 0 aromatic heterocycles. The van der Waals surface area contributed by atoms with Crippen LogP contribution in [-0.4, -0.2) is 42.3 Å². The minimum Gasteiger partial charge on any atom is -0.481 e. The zero-order valence-corrected chi connectivity index (χ0v) is 12.8. The number of carboxylic acids is 1. The van der Waals surface area contributed by atoms with E-state index in [2.05, 4.69) is 20.8 Å². The van der Waals surface area contributed by atoms with Gasteiger partial charge in [-0.3, -0.25) is 9.69 Å². The Labute approximate surface area is 125 Å². The molecule has 1 aromatic carbocycles. The molecule has 4 nitrogen and oxygen atoms in total. The van der Waals surface area contributed by atoms with E-state index in [0.29, 0.717) is 30.8 Å². The highest BCUT2D eigenvalue weighted by molar-refractivity contribution is 9.10. The van der Waals surface area contributed by atoms with Gasteiger partial charge in [-0.05, 0) is 40.5 Å². The van der Waals surface area contributed by atoms with Crippen LogP contribution in [0.4, 0.5) is 4.39 Å². The molecule has 1 N–H and O–H groups in total. The summed E-state index contributed by atoms with van der Waals surface area (Å²) in [7, 11) is 0. The fraction of sp³-hybridized carbons (Fsp3) is 0.500. The molecule has 0 bridgehead atoms. The van der Waals surface area contributed by atoms with Crippen LogP contribution in [0.3, 0.4) is 0 Å². The summed E-state index contributed by atoms with van der Waals surface area (Å²) < 4.78 is 19.1. The number of hydrogen-bond donors (Lipinski definition) is 1. The van der Waals surface area contributed by atoms with E-state index in [-0.39, 0.29) is 12.2 Å². The Balaban J connectivity index is 2.38. The number of benzene rings is 1. The summed E-state index contributed by atoms with van der Waals surface area (Å²) in [6.07, 6.45) is -0.0366. The van der Waals surface area contributed by atoms with E-state index in [1.54, 1.807) is 12.1 Å². The Bertz CT molecular complexity index is 505. The standard InChI is InChI=1S/C14H17BrFNO3/c1-14(9-13(18)19,17-4-6-20-7-5-17)10-2-3-12(16)11(15)8-10/h2-3,8H,4-7,9H2,1H3,(H,18,19). The molecule has 0 aliphatic carbocycles. The molecule has 1 aromatic rings. The van der Waals surface area contributed by atoms with Crippen LogP contribution in [0.2, 0.25) is 0 Å². The van der Waals surface area contributed by atoms with Gasteiger partial charge < -0.3 is 9.84 Å². The van der Waals surface area contributed by atoms with Crippen molar-refractivity contribution in [1.29, 1.82) is 0 Å². The Morgan fingerprint density at radius 2 is 2.15 bits per heavy atom. The van der Waals surface area contributed by atoms with Crippen molar-refractivity contribution in [2.45, 2.75) is 18.9 Å². The molecule has 110 valence electrons. The van der Waals surface area contributed by atoms with Crippen LogP contribution in [0.15, 0.2) is 22.7 Å². The highest BCUT2D eigenvalue weighted by Gasteiger charge is 2.37. The third-order valence-electron chi connectivity index (χ3n) is 3.75. The van der Waals surface area contributed by atoms with E-state index in [1.807, 2.05) is 6.92 Å². The number of rotatable bonds is 4. The first-order chi connectivity index (χ1) is 9.43. The number of nitrogens with zero attached hydrogens (tertiary/aromatic N) is 1. The first kappa shape index (κ1) is 15.4. The Kier molecular flexibility index (Phi) is 4.78. The normalized spacial score (nSPS) is 19.6. The van der Waals surface area contributed by atoms with Gasteiger partial charge in [0.1, 0.15) is 5.82 Å². The fourth-order valence-corrected chi connectivity index (χ4v) is 2.96.